The van der Waals surface area contributed by atoms with E-state index >= 15 is 0 Å². The number of amides is 6. The Labute approximate surface area is 324 Å². The number of aliphatic hydroxyl groups excluding tert-OH is 1. The van der Waals surface area contributed by atoms with Crippen molar-refractivity contribution in [3.05, 3.63) is 0 Å². The molecule has 0 aliphatic carbocycles. The van der Waals surface area contributed by atoms with Gasteiger partial charge in [-0.1, -0.05) is 0 Å². The van der Waals surface area contributed by atoms with E-state index in [9.17, 15) is 33.9 Å². The Balaban J connectivity index is 6.53. The predicted molar refractivity (Wildman–Crippen MR) is 210 cm³/mol. The fraction of sp³-hybridized carbons (Fsp3) is 0.667. The van der Waals surface area contributed by atoms with Gasteiger partial charge in [-0.2, -0.15) is 0 Å². The molecule has 26 heteroatoms. The van der Waals surface area contributed by atoms with Gasteiger partial charge >= 0.3 is 0 Å². The van der Waals surface area contributed by atoms with Crippen LogP contribution in [0.25, 0.3) is 0 Å². The molecule has 2 unspecified atom stereocenters. The molecule has 25 N–H and O–H groups in total. The Hall–Kier alpha value is -6.18. The lowest BCUT2D eigenvalue weighted by Gasteiger charge is -2.27. The maximum atomic E-state index is 13.9. The highest BCUT2D eigenvalue weighted by Crippen LogP contribution is 2.08. The zero-order valence-electron chi connectivity index (χ0n) is 31.7. The summed E-state index contributed by atoms with van der Waals surface area (Å²) in [5.74, 6) is -5.43. The second kappa shape index (κ2) is 28.3. The number of primary amides is 1. The fourth-order valence-electron chi connectivity index (χ4n) is 4.78. The number of aliphatic imine (C=N–C) groups is 4. The zero-order valence-corrected chi connectivity index (χ0v) is 31.7. The lowest BCUT2D eigenvalue weighted by Crippen LogP contribution is -2.59. The van der Waals surface area contributed by atoms with Crippen LogP contribution >= 0.6 is 0 Å². The molecule has 0 aromatic rings. The number of carbonyl (C=O) groups is 6. The highest BCUT2D eigenvalue weighted by atomic mass is 16.3. The Morgan fingerprint density at radius 1 is 0.464 bits per heavy atom. The van der Waals surface area contributed by atoms with Crippen molar-refractivity contribution in [3.8, 4) is 0 Å². The first-order chi connectivity index (χ1) is 26.4. The van der Waals surface area contributed by atoms with Crippen LogP contribution in [0.5, 0.6) is 0 Å². The van der Waals surface area contributed by atoms with E-state index in [1.807, 2.05) is 0 Å². The van der Waals surface area contributed by atoms with Gasteiger partial charge in [0.2, 0.25) is 35.4 Å². The van der Waals surface area contributed by atoms with Crippen LogP contribution in [0.3, 0.4) is 0 Å². The Morgan fingerprint density at radius 3 is 0.964 bits per heavy atom. The van der Waals surface area contributed by atoms with Crippen LogP contribution in [0, 0.1) is 0 Å². The minimum Gasteiger partial charge on any atom is -0.394 e. The predicted octanol–water partition coefficient (Wildman–Crippen LogP) is -8.68. The molecule has 5 atom stereocenters. The molecule has 0 aromatic heterocycles. The van der Waals surface area contributed by atoms with Gasteiger partial charge in [0.1, 0.15) is 30.2 Å². The van der Waals surface area contributed by atoms with E-state index in [0.717, 1.165) is 0 Å². The molecule has 0 saturated carbocycles. The first kappa shape index (κ1) is 49.8. The molecule has 0 rings (SSSR count). The van der Waals surface area contributed by atoms with Crippen LogP contribution in [0.4, 0.5) is 0 Å². The topological polar surface area (TPSA) is 478 Å². The number of hydrogen-bond acceptors (Lipinski definition) is 12. The minimum absolute atomic E-state index is 0.0201. The van der Waals surface area contributed by atoms with E-state index in [-0.39, 0.29) is 101 Å². The quantitative estimate of drug-likeness (QED) is 0.0190. The number of nitrogens with two attached hydrogens (primary N) is 9. The van der Waals surface area contributed by atoms with Crippen molar-refractivity contribution in [2.75, 3.05) is 46.4 Å². The van der Waals surface area contributed by atoms with Crippen LogP contribution in [0.15, 0.2) is 20.0 Å². The second-order valence-corrected chi connectivity index (χ2v) is 12.2. The van der Waals surface area contributed by atoms with E-state index in [2.05, 4.69) is 51.9 Å². The van der Waals surface area contributed by atoms with Gasteiger partial charge in [0.25, 0.3) is 0 Å². The summed E-state index contributed by atoms with van der Waals surface area (Å²) in [5, 5.41) is 24.9. The summed E-state index contributed by atoms with van der Waals surface area (Å²) in [6.07, 6.45) is 0.801. The molecule has 26 nitrogen and oxygen atoms in total. The van der Waals surface area contributed by atoms with Gasteiger partial charge in [-0.15, -0.1) is 0 Å². The van der Waals surface area contributed by atoms with E-state index in [1.54, 1.807) is 0 Å². The van der Waals surface area contributed by atoms with Crippen molar-refractivity contribution in [1.82, 2.24) is 31.9 Å². The molecule has 0 radical (unpaired) electrons. The van der Waals surface area contributed by atoms with Gasteiger partial charge < -0.3 is 88.6 Å². The average molecular weight is 800 g/mol. The standard InChI is InChI=1S/C30H61N19O7/c1-40-20(15-50)26(56)49-19(9-5-13-44-30(38)39)25(55)48-18(8-4-12-43-29(36)37)24(54)47-17(7-3-11-42-28(34)35)23(53)46-16(6-2-10-41-27(32)33)22(52)45-14-21(31)51/h16-20,40,50H,2-15H2,1H3,(H2,31,51)(H,45,52)(H,46,53)(H,47,54)(H,48,55)(H,49,56)(H4,32,33,41)(H4,34,35,42)(H4,36,37,43)(H4,38,39,44)/t16?,17-,18?,19-,20+/m0/s1. The summed E-state index contributed by atoms with van der Waals surface area (Å²) in [6, 6.07) is -6.10. The van der Waals surface area contributed by atoms with E-state index < -0.39 is 78.8 Å². The normalized spacial score (nSPS) is 13.2. The molecule has 6 amide bonds. The van der Waals surface area contributed by atoms with Gasteiger partial charge in [-0.3, -0.25) is 48.7 Å². The number of nitrogens with one attached hydrogen (secondary N) is 6. The Bertz CT molecular complexity index is 1390. The minimum atomic E-state index is -1.31. The summed E-state index contributed by atoms with van der Waals surface area (Å²) >= 11 is 0. The number of rotatable bonds is 29. The van der Waals surface area contributed by atoms with E-state index in [4.69, 9.17) is 51.6 Å². The Kier molecular flexibility index (Phi) is 25.2. The summed E-state index contributed by atoms with van der Waals surface area (Å²) in [4.78, 5) is 94.0. The number of nitrogens with zero attached hydrogens (tertiary/aromatic N) is 4. The molecule has 0 saturated heterocycles. The van der Waals surface area contributed by atoms with Crippen molar-refractivity contribution in [2.24, 2.45) is 71.6 Å². The van der Waals surface area contributed by atoms with Crippen LogP contribution in [-0.2, 0) is 28.8 Å². The molecular formula is C30H61N19O7. The number of guanidine groups is 4. The van der Waals surface area contributed by atoms with Crippen molar-refractivity contribution in [2.45, 2.75) is 81.6 Å². The molecule has 0 heterocycles. The summed E-state index contributed by atoms with van der Waals surface area (Å²) in [7, 11) is 1.44. The number of hydrogen-bond donors (Lipinski definition) is 16. The van der Waals surface area contributed by atoms with Gasteiger partial charge in [0.15, 0.2) is 23.8 Å². The molecule has 0 bridgehead atoms. The molecular weight excluding hydrogens is 738 g/mol. The third-order valence-corrected chi connectivity index (χ3v) is 7.60. The van der Waals surface area contributed by atoms with Crippen LogP contribution in [0.2, 0.25) is 0 Å². The molecule has 0 aromatic carbocycles. The maximum Gasteiger partial charge on any atom is 0.243 e. The highest BCUT2D eigenvalue weighted by molar-refractivity contribution is 5.96. The van der Waals surface area contributed by atoms with Crippen LogP contribution < -0.4 is 83.5 Å². The number of aliphatic hydroxyl groups is 1. The lowest BCUT2D eigenvalue weighted by atomic mass is 10.0. The first-order valence-corrected chi connectivity index (χ1v) is 17.7. The monoisotopic (exact) mass is 800 g/mol. The van der Waals surface area contributed by atoms with Crippen molar-refractivity contribution in [1.29, 1.82) is 0 Å². The van der Waals surface area contributed by atoms with Gasteiger partial charge in [-0.25, -0.2) is 0 Å². The molecule has 0 spiro atoms. The fourth-order valence-corrected chi connectivity index (χ4v) is 4.78. The summed E-state index contributed by atoms with van der Waals surface area (Å²) in [5.41, 5.74) is 48.4. The average Bonchev–Trinajstić information content (AvgIpc) is 3.11. The van der Waals surface area contributed by atoms with Crippen molar-refractivity contribution >= 4 is 59.3 Å². The smallest absolute Gasteiger partial charge is 0.243 e. The van der Waals surface area contributed by atoms with E-state index in [0.29, 0.717) is 0 Å². The lowest BCUT2D eigenvalue weighted by molar-refractivity contribution is -0.135. The molecule has 56 heavy (non-hydrogen) atoms. The Morgan fingerprint density at radius 2 is 0.732 bits per heavy atom. The second-order valence-electron chi connectivity index (χ2n) is 12.2. The third kappa shape index (κ3) is 23.5. The molecule has 0 aliphatic heterocycles. The third-order valence-electron chi connectivity index (χ3n) is 7.60. The maximum absolute atomic E-state index is 13.9. The molecule has 0 fully saturated rings. The van der Waals surface area contributed by atoms with Crippen molar-refractivity contribution < 1.29 is 33.9 Å². The number of likely N-dealkylation sites (N-methyl/N-ethyl adjacent to an activating group) is 1. The first-order valence-electron chi connectivity index (χ1n) is 17.7. The molecule has 0 aliphatic rings. The zero-order chi connectivity index (χ0) is 42.6. The van der Waals surface area contributed by atoms with E-state index in [1.165, 1.54) is 7.05 Å². The van der Waals surface area contributed by atoms with Crippen LogP contribution in [0.1, 0.15) is 51.4 Å². The SMILES string of the molecule is CN[C@H](CO)C(=O)N[C@@H](CCCN=C(N)N)C(=O)NC(CCCN=C(N)N)C(=O)N[C@@H](CCCN=C(N)N)C(=O)NC(CCCN=C(N)N)C(=O)NCC(N)=O. The van der Waals surface area contributed by atoms with Gasteiger partial charge in [-0.05, 0) is 58.4 Å². The van der Waals surface area contributed by atoms with Gasteiger partial charge in [0, 0.05) is 26.2 Å². The summed E-state index contributed by atoms with van der Waals surface area (Å²) in [6.45, 7) is -0.702. The number of carbonyl (C=O) groups excluding carboxylic acids is 6. The highest BCUT2D eigenvalue weighted by Gasteiger charge is 2.32. The largest absolute Gasteiger partial charge is 0.394 e. The van der Waals surface area contributed by atoms with Crippen molar-refractivity contribution in [3.63, 3.8) is 0 Å². The summed E-state index contributed by atoms with van der Waals surface area (Å²) < 4.78 is 0. The van der Waals surface area contributed by atoms with Crippen LogP contribution in [-0.4, -0.2) is 141 Å². The van der Waals surface area contributed by atoms with Gasteiger partial charge in [0.05, 0.1) is 13.2 Å². The molecule has 318 valence electrons.